The molecule has 2 bridgehead atoms. The summed E-state index contributed by atoms with van der Waals surface area (Å²) in [5, 5.41) is 54.0. The molecule has 5 N–H and O–H groups in total. The lowest BCUT2D eigenvalue weighted by molar-refractivity contribution is -0.142. The van der Waals surface area contributed by atoms with Crippen molar-refractivity contribution in [2.24, 2.45) is 5.92 Å². The molecule has 4 aliphatic heterocycles. The number of β-amino-alcohol motifs (C(OH)–C–C–N with tert-alkyl or cyclic N) is 1. The lowest BCUT2D eigenvalue weighted by Crippen LogP contribution is -2.50. The molecule has 8 heterocycles. The fourth-order valence-electron chi connectivity index (χ4n) is 12.3. The topological polar surface area (TPSA) is 244 Å². The van der Waals surface area contributed by atoms with Crippen molar-refractivity contribution < 1.29 is 38.4 Å². The van der Waals surface area contributed by atoms with Crippen LogP contribution in [0.3, 0.4) is 0 Å². The zero-order chi connectivity index (χ0) is 55.5. The van der Waals surface area contributed by atoms with Crippen LogP contribution in [0.5, 0.6) is 11.8 Å². The van der Waals surface area contributed by atoms with Crippen molar-refractivity contribution in [2.45, 2.75) is 114 Å². The number of halogens is 1. The number of benzene rings is 4. The minimum absolute atomic E-state index is 0.0329. The number of aliphatic hydroxyl groups excluding tert-OH is 2. The monoisotopic (exact) mass is 1100 g/mol. The van der Waals surface area contributed by atoms with Crippen molar-refractivity contribution in [2.75, 3.05) is 44.4 Å². The van der Waals surface area contributed by atoms with E-state index in [0.29, 0.717) is 64.1 Å². The highest BCUT2D eigenvalue weighted by molar-refractivity contribution is 6.06. The molecule has 2 amide bonds. The van der Waals surface area contributed by atoms with Gasteiger partial charge in [0, 0.05) is 90.2 Å². The van der Waals surface area contributed by atoms with Gasteiger partial charge in [-0.2, -0.15) is 25.3 Å². The maximum Gasteiger partial charge on any atom is 0.319 e. The van der Waals surface area contributed by atoms with Gasteiger partial charge in [0.1, 0.15) is 47.6 Å². The lowest BCUT2D eigenvalue weighted by atomic mass is 9.88. The van der Waals surface area contributed by atoms with Crippen LogP contribution in [0.25, 0.3) is 55.4 Å². The Morgan fingerprint density at radius 2 is 1.72 bits per heavy atom. The third-order valence-electron chi connectivity index (χ3n) is 16.8. The van der Waals surface area contributed by atoms with Crippen LogP contribution >= 0.6 is 0 Å². The smallest absolute Gasteiger partial charge is 0.319 e. The molecule has 1 aliphatic carbocycles. The van der Waals surface area contributed by atoms with Gasteiger partial charge in [0.15, 0.2) is 5.75 Å². The highest BCUT2D eigenvalue weighted by atomic mass is 19.1. The summed E-state index contributed by atoms with van der Waals surface area (Å²) in [6.45, 7) is 8.15. The SMILES string of the molecule is Cc1c(F)cc2[nH]ncc2c1-c1c(C2CC2)cc2c(N3C[C@@H]4C[C@H]3CN4)nc(OC3CCOCC3)nc2c1OCc1ccc(-c2cn([C@H](C(=O)N3C[C@H](O)C[C@H]3C(=O)N[C@@H](CO)c3ccc(-c4cccnn4)cc3)C(C)C)nn2)cc1. The number of H-pyrrole nitrogens is 1. The Labute approximate surface area is 466 Å². The molecular formula is C60H64FN13O7. The van der Waals surface area contributed by atoms with E-state index in [-0.39, 0.29) is 67.9 Å². The van der Waals surface area contributed by atoms with Crippen LogP contribution in [0.4, 0.5) is 10.2 Å². The fraction of sp³-hybridized carbons (Fsp3) is 0.417. The van der Waals surface area contributed by atoms with Crippen molar-refractivity contribution in [1.29, 1.82) is 0 Å². The Kier molecular flexibility index (Phi) is 14.1. The van der Waals surface area contributed by atoms with Crippen LogP contribution < -0.4 is 25.0 Å². The third-order valence-corrected chi connectivity index (χ3v) is 16.8. The predicted molar refractivity (Wildman–Crippen MR) is 299 cm³/mol. The van der Waals surface area contributed by atoms with Gasteiger partial charge in [0.2, 0.25) is 11.8 Å². The highest BCUT2D eigenvalue weighted by Crippen LogP contribution is 2.53. The van der Waals surface area contributed by atoms with Gasteiger partial charge < -0.3 is 44.9 Å². The van der Waals surface area contributed by atoms with Crippen LogP contribution in [0, 0.1) is 18.7 Å². The Morgan fingerprint density at radius 1 is 0.926 bits per heavy atom. The largest absolute Gasteiger partial charge is 0.486 e. The number of nitrogens with zero attached hydrogens (tertiary/aromatic N) is 10. The zero-order valence-electron chi connectivity index (χ0n) is 45.3. The number of rotatable bonds is 17. The number of ether oxygens (including phenoxy) is 3. The standard InChI is InChI=1S/C60H64FN13O7/c1-32(2)55(59(78)73-28-41(76)22-51(73)58(77)65-50(30-75)38-14-12-36(13-15-38)47-5-4-18-63-68-47)74-29-49(70-71-74)37-8-6-34(7-9-37)31-80-56-53(52-33(3)46(61)24-48-45(52)26-64-69-48)43(35-10-11-35)23-44-54(56)66-60(81-42-16-19-79-20-17-42)67-57(44)72-27-39-21-40(72)25-62-39/h4-9,12-15,18,23-24,26,29,32,35,39-42,50-51,55,62,75-76H,10-11,16-17,19-22,25,27-28,30-31H2,1-3H3,(H,64,69)(H,65,77)/t39-,40-,41+,50-,51-,55-/m0/s1. The van der Waals surface area contributed by atoms with E-state index < -0.39 is 30.1 Å². The van der Waals surface area contributed by atoms with Crippen molar-refractivity contribution in [1.82, 2.24) is 60.9 Å². The molecule has 4 aromatic carbocycles. The molecule has 0 spiro atoms. The molecular weight excluding hydrogens is 1030 g/mol. The molecule has 20 nitrogen and oxygen atoms in total. The van der Waals surface area contributed by atoms with Crippen molar-refractivity contribution >= 4 is 39.4 Å². The number of piperazine rings is 1. The van der Waals surface area contributed by atoms with E-state index in [1.54, 1.807) is 43.7 Å². The Hall–Kier alpha value is -7.98. The van der Waals surface area contributed by atoms with E-state index in [1.165, 1.54) is 15.6 Å². The minimum Gasteiger partial charge on any atom is -0.486 e. The number of nitrogens with one attached hydrogen (secondary N) is 3. The van der Waals surface area contributed by atoms with Gasteiger partial charge >= 0.3 is 6.01 Å². The van der Waals surface area contributed by atoms with Gasteiger partial charge in [-0.1, -0.05) is 67.6 Å². The van der Waals surface area contributed by atoms with Crippen LogP contribution in [-0.2, 0) is 20.9 Å². The first-order valence-electron chi connectivity index (χ1n) is 28.1. The Morgan fingerprint density at radius 3 is 2.43 bits per heavy atom. The van der Waals surface area contributed by atoms with E-state index in [9.17, 15) is 19.8 Å². The number of hydrogen-bond donors (Lipinski definition) is 5. The van der Waals surface area contributed by atoms with Crippen molar-refractivity contribution in [3.05, 3.63) is 119 Å². The summed E-state index contributed by atoms with van der Waals surface area (Å²) < 4.78 is 37.1. The molecule has 6 atom stereocenters. The van der Waals surface area contributed by atoms with Gasteiger partial charge in [-0.05, 0) is 84.5 Å². The fourth-order valence-corrected chi connectivity index (χ4v) is 12.3. The van der Waals surface area contributed by atoms with Crippen LogP contribution in [0.1, 0.15) is 92.6 Å². The Balaban J connectivity index is 0.785. The van der Waals surface area contributed by atoms with Crippen LogP contribution in [-0.4, -0.2) is 142 Å². The number of likely N-dealkylation sites (tertiary alicyclic amines) is 1. The summed E-state index contributed by atoms with van der Waals surface area (Å²) in [7, 11) is 0. The molecule has 5 aliphatic rings. The normalized spacial score (nSPS) is 20.9. The first kappa shape index (κ1) is 52.4. The molecule has 5 fully saturated rings. The molecule has 1 saturated carbocycles. The maximum atomic E-state index is 16.2. The van der Waals surface area contributed by atoms with Crippen molar-refractivity contribution in [3.8, 4) is 45.4 Å². The predicted octanol–water partition coefficient (Wildman–Crippen LogP) is 6.91. The molecule has 13 rings (SSSR count). The minimum atomic E-state index is -0.992. The maximum absolute atomic E-state index is 16.2. The number of carbonyl (C=O) groups excluding carboxylic acids is 2. The number of fused-ring (bicyclic) bond motifs is 4. The number of amides is 2. The first-order valence-corrected chi connectivity index (χ1v) is 28.1. The van der Waals surface area contributed by atoms with E-state index >= 15 is 4.39 Å². The third kappa shape index (κ3) is 10.2. The summed E-state index contributed by atoms with van der Waals surface area (Å²) in [4.78, 5) is 42.9. The Bertz CT molecular complexity index is 3630. The van der Waals surface area contributed by atoms with E-state index in [2.05, 4.69) is 52.3 Å². The van der Waals surface area contributed by atoms with E-state index in [0.717, 1.165) is 89.6 Å². The second-order valence-corrected chi connectivity index (χ2v) is 22.6. The molecule has 4 saturated heterocycles. The number of hydrogen-bond acceptors (Lipinski definition) is 16. The molecule has 4 aromatic heterocycles. The molecule has 418 valence electrons. The van der Waals surface area contributed by atoms with Gasteiger partial charge in [-0.15, -0.1) is 5.10 Å². The second-order valence-electron chi connectivity index (χ2n) is 22.6. The number of carbonyl (C=O) groups is 2. The zero-order valence-corrected chi connectivity index (χ0v) is 45.3. The molecule has 0 radical (unpaired) electrons. The van der Waals surface area contributed by atoms with Crippen molar-refractivity contribution in [3.63, 3.8) is 0 Å². The summed E-state index contributed by atoms with van der Waals surface area (Å²) in [6.07, 6.45) is 8.47. The van der Waals surface area contributed by atoms with Gasteiger partial charge in [0.05, 0.1) is 55.6 Å². The quantitative estimate of drug-likeness (QED) is 0.0622. The summed E-state index contributed by atoms with van der Waals surface area (Å²) in [6, 6.07) is 20.7. The van der Waals surface area contributed by atoms with E-state index in [1.807, 2.05) is 56.3 Å². The highest BCUT2D eigenvalue weighted by Gasteiger charge is 2.44. The average Bonchev–Trinajstić information content (AvgIpc) is 4.15. The van der Waals surface area contributed by atoms with E-state index in [4.69, 9.17) is 24.2 Å². The number of anilines is 1. The van der Waals surface area contributed by atoms with Crippen LogP contribution in [0.15, 0.2) is 91.4 Å². The summed E-state index contributed by atoms with van der Waals surface area (Å²) in [5.74, 6) is 0.0435. The first-order chi connectivity index (χ1) is 39.5. The molecule has 0 unspecified atom stereocenters. The summed E-state index contributed by atoms with van der Waals surface area (Å²) >= 11 is 0. The van der Waals surface area contributed by atoms with Gasteiger partial charge in [-0.25, -0.2) is 9.07 Å². The van der Waals surface area contributed by atoms with Crippen LogP contribution in [0.2, 0.25) is 0 Å². The summed E-state index contributed by atoms with van der Waals surface area (Å²) in [5.41, 5.74) is 8.49. The average molecular weight is 1100 g/mol. The lowest BCUT2D eigenvalue weighted by Gasteiger charge is -2.31. The number of aromatic nitrogens is 9. The molecule has 21 heteroatoms. The molecule has 8 aromatic rings. The number of aromatic amines is 1. The number of aliphatic hydroxyl groups is 2. The van der Waals surface area contributed by atoms with Gasteiger partial charge in [-0.3, -0.25) is 14.7 Å². The molecule has 81 heavy (non-hydrogen) atoms. The van der Waals surface area contributed by atoms with Gasteiger partial charge in [0.25, 0.3) is 0 Å². The second kappa shape index (κ2) is 21.8.